The first-order chi connectivity index (χ1) is 7.99. The van der Waals surface area contributed by atoms with Gasteiger partial charge in [-0.05, 0) is 53.9 Å². The maximum atomic E-state index is 9.87. The summed E-state index contributed by atoms with van der Waals surface area (Å²) in [5.41, 5.74) is 0. The molecule has 0 spiro atoms. The zero-order valence-electron chi connectivity index (χ0n) is 11.7. The lowest BCUT2D eigenvalue weighted by molar-refractivity contribution is -0.0135. The summed E-state index contributed by atoms with van der Waals surface area (Å²) in [6, 6.07) is 0.611. The number of hydrogen-bond acceptors (Lipinski definition) is 4. The Bertz CT molecular complexity index is 204. The highest BCUT2D eigenvalue weighted by molar-refractivity contribution is 4.78. The number of likely N-dealkylation sites (N-methyl/N-ethyl adjacent to an activating group) is 1. The molecule has 0 aromatic heterocycles. The Balaban J connectivity index is 2.21. The molecule has 0 amide bonds. The summed E-state index contributed by atoms with van der Waals surface area (Å²) in [6.45, 7) is 7.46. The topological polar surface area (TPSA) is 35.9 Å². The summed E-state index contributed by atoms with van der Waals surface area (Å²) in [5.74, 6) is 0. The van der Waals surface area contributed by atoms with Gasteiger partial charge in [0.1, 0.15) is 0 Å². The number of hydrogen-bond donors (Lipinski definition) is 1. The molecule has 0 unspecified atom stereocenters. The van der Waals surface area contributed by atoms with Crippen molar-refractivity contribution in [2.24, 2.45) is 0 Å². The predicted octanol–water partition coefficient (Wildman–Crippen LogP) is 0.798. The predicted molar refractivity (Wildman–Crippen MR) is 70.2 cm³/mol. The summed E-state index contributed by atoms with van der Waals surface area (Å²) < 4.78 is 5.42. The van der Waals surface area contributed by atoms with Crippen LogP contribution in [0, 0.1) is 0 Å². The molecule has 0 saturated carbocycles. The van der Waals surface area contributed by atoms with E-state index in [9.17, 15) is 5.11 Å². The molecule has 1 N–H and O–H groups in total. The normalized spacial score (nSPS) is 21.4. The monoisotopic (exact) mass is 244 g/mol. The fourth-order valence-electron chi connectivity index (χ4n) is 2.27. The Morgan fingerprint density at radius 2 is 1.94 bits per heavy atom. The fraction of sp³-hybridized carbons (Fsp3) is 1.00. The van der Waals surface area contributed by atoms with Crippen LogP contribution in [0.25, 0.3) is 0 Å². The quantitative estimate of drug-likeness (QED) is 0.750. The summed E-state index contributed by atoms with van der Waals surface area (Å²) >= 11 is 0. The van der Waals surface area contributed by atoms with Crippen molar-refractivity contribution in [1.29, 1.82) is 0 Å². The van der Waals surface area contributed by atoms with E-state index in [2.05, 4.69) is 23.9 Å². The van der Waals surface area contributed by atoms with E-state index >= 15 is 0 Å². The largest absolute Gasteiger partial charge is 0.389 e. The van der Waals surface area contributed by atoms with Crippen LogP contribution in [0.2, 0.25) is 0 Å². The third-order valence-electron chi connectivity index (χ3n) is 3.43. The Morgan fingerprint density at radius 1 is 1.35 bits per heavy atom. The van der Waals surface area contributed by atoms with Crippen LogP contribution in [0.4, 0.5) is 0 Å². The number of rotatable bonds is 6. The van der Waals surface area contributed by atoms with E-state index < -0.39 is 0 Å². The van der Waals surface area contributed by atoms with E-state index in [1.54, 1.807) is 0 Å². The second kappa shape index (κ2) is 7.31. The molecule has 1 heterocycles. The number of piperidine rings is 1. The lowest BCUT2D eigenvalue weighted by Gasteiger charge is -2.36. The Morgan fingerprint density at radius 3 is 2.47 bits per heavy atom. The van der Waals surface area contributed by atoms with Crippen molar-refractivity contribution in [1.82, 2.24) is 9.80 Å². The maximum Gasteiger partial charge on any atom is 0.0900 e. The molecule has 1 fully saturated rings. The van der Waals surface area contributed by atoms with Gasteiger partial charge < -0.3 is 19.6 Å². The van der Waals surface area contributed by atoms with Crippen LogP contribution >= 0.6 is 0 Å². The van der Waals surface area contributed by atoms with Crippen molar-refractivity contribution >= 4 is 0 Å². The molecule has 0 aliphatic carbocycles. The summed E-state index contributed by atoms with van der Waals surface area (Å²) in [4.78, 5) is 4.64. The molecular formula is C13H28N2O2. The van der Waals surface area contributed by atoms with E-state index in [1.165, 1.54) is 12.8 Å². The van der Waals surface area contributed by atoms with E-state index in [0.717, 1.165) is 13.1 Å². The summed E-state index contributed by atoms with van der Waals surface area (Å²) in [6.07, 6.45) is 2.22. The molecule has 1 atom stereocenters. The number of aliphatic hydroxyl groups is 1. The lowest BCUT2D eigenvalue weighted by Crippen LogP contribution is -2.45. The van der Waals surface area contributed by atoms with Crippen molar-refractivity contribution in [3.63, 3.8) is 0 Å². The Kier molecular flexibility index (Phi) is 6.41. The van der Waals surface area contributed by atoms with Gasteiger partial charge in [-0.1, -0.05) is 0 Å². The van der Waals surface area contributed by atoms with Crippen LogP contribution in [-0.4, -0.2) is 73.5 Å². The molecule has 0 aromatic rings. The number of nitrogens with zero attached hydrogens (tertiary/aromatic N) is 2. The SMILES string of the molecule is CC(C)OC[C@H](O)CN(C)C1CCN(C)CC1. The van der Waals surface area contributed by atoms with Crippen molar-refractivity contribution < 1.29 is 9.84 Å². The van der Waals surface area contributed by atoms with E-state index in [-0.39, 0.29) is 12.2 Å². The molecule has 4 heteroatoms. The Hall–Kier alpha value is -0.160. The standard InChI is InChI=1S/C13H28N2O2/c1-11(2)17-10-13(16)9-15(4)12-5-7-14(3)8-6-12/h11-13,16H,5-10H2,1-4H3/t13-/m1/s1. The minimum atomic E-state index is -0.373. The number of ether oxygens (including phenoxy) is 1. The van der Waals surface area contributed by atoms with Gasteiger partial charge in [0.25, 0.3) is 0 Å². The first kappa shape index (κ1) is 14.9. The van der Waals surface area contributed by atoms with Crippen LogP contribution in [0.5, 0.6) is 0 Å². The molecule has 1 rings (SSSR count). The van der Waals surface area contributed by atoms with Gasteiger partial charge in [-0.15, -0.1) is 0 Å². The van der Waals surface area contributed by atoms with Gasteiger partial charge in [-0.25, -0.2) is 0 Å². The van der Waals surface area contributed by atoms with Crippen molar-refractivity contribution in [3.05, 3.63) is 0 Å². The van der Waals surface area contributed by atoms with Crippen LogP contribution in [0.3, 0.4) is 0 Å². The zero-order chi connectivity index (χ0) is 12.8. The highest BCUT2D eigenvalue weighted by Crippen LogP contribution is 2.14. The van der Waals surface area contributed by atoms with Gasteiger partial charge in [0, 0.05) is 12.6 Å². The van der Waals surface area contributed by atoms with Crippen molar-refractivity contribution in [2.45, 2.75) is 44.9 Å². The maximum absolute atomic E-state index is 9.87. The van der Waals surface area contributed by atoms with Gasteiger partial charge >= 0.3 is 0 Å². The molecule has 1 saturated heterocycles. The molecular weight excluding hydrogens is 216 g/mol. The van der Waals surface area contributed by atoms with Crippen LogP contribution < -0.4 is 0 Å². The van der Waals surface area contributed by atoms with Gasteiger partial charge in [-0.2, -0.15) is 0 Å². The minimum absolute atomic E-state index is 0.193. The highest BCUT2D eigenvalue weighted by Gasteiger charge is 2.22. The highest BCUT2D eigenvalue weighted by atomic mass is 16.5. The second-order valence-corrected chi connectivity index (χ2v) is 5.51. The fourth-order valence-corrected chi connectivity index (χ4v) is 2.27. The molecule has 0 bridgehead atoms. The molecule has 17 heavy (non-hydrogen) atoms. The van der Waals surface area contributed by atoms with Crippen molar-refractivity contribution in [2.75, 3.05) is 40.3 Å². The second-order valence-electron chi connectivity index (χ2n) is 5.51. The summed E-state index contributed by atoms with van der Waals surface area (Å²) in [7, 11) is 4.27. The molecule has 1 aliphatic rings. The van der Waals surface area contributed by atoms with E-state index in [1.807, 2.05) is 13.8 Å². The molecule has 0 aromatic carbocycles. The first-order valence-electron chi connectivity index (χ1n) is 6.67. The zero-order valence-corrected chi connectivity index (χ0v) is 11.7. The van der Waals surface area contributed by atoms with Crippen LogP contribution in [0.1, 0.15) is 26.7 Å². The number of aliphatic hydroxyl groups excluding tert-OH is 1. The average molecular weight is 244 g/mol. The average Bonchev–Trinajstić information content (AvgIpc) is 2.27. The molecule has 4 nitrogen and oxygen atoms in total. The van der Waals surface area contributed by atoms with E-state index in [0.29, 0.717) is 19.2 Å². The molecule has 1 aliphatic heterocycles. The minimum Gasteiger partial charge on any atom is -0.389 e. The van der Waals surface area contributed by atoms with Gasteiger partial charge in [0.05, 0.1) is 18.8 Å². The smallest absolute Gasteiger partial charge is 0.0900 e. The van der Waals surface area contributed by atoms with Crippen LogP contribution in [-0.2, 0) is 4.74 Å². The third-order valence-corrected chi connectivity index (χ3v) is 3.43. The molecule has 102 valence electrons. The lowest BCUT2D eigenvalue weighted by atomic mass is 10.0. The third kappa shape index (κ3) is 5.82. The van der Waals surface area contributed by atoms with Gasteiger partial charge in [0.15, 0.2) is 0 Å². The van der Waals surface area contributed by atoms with Crippen molar-refractivity contribution in [3.8, 4) is 0 Å². The van der Waals surface area contributed by atoms with Gasteiger partial charge in [-0.3, -0.25) is 0 Å². The van der Waals surface area contributed by atoms with Gasteiger partial charge in [0.2, 0.25) is 0 Å². The summed E-state index contributed by atoms with van der Waals surface area (Å²) in [5, 5.41) is 9.87. The van der Waals surface area contributed by atoms with E-state index in [4.69, 9.17) is 4.74 Å². The Labute approximate surface area is 106 Å². The molecule has 0 radical (unpaired) electrons. The first-order valence-corrected chi connectivity index (χ1v) is 6.67. The number of likely N-dealkylation sites (tertiary alicyclic amines) is 1. The van der Waals surface area contributed by atoms with Crippen LogP contribution in [0.15, 0.2) is 0 Å².